The van der Waals surface area contributed by atoms with Crippen LogP contribution in [0.2, 0.25) is 0 Å². The lowest BCUT2D eigenvalue weighted by Gasteiger charge is -2.02. The van der Waals surface area contributed by atoms with Gasteiger partial charge in [0.1, 0.15) is 12.4 Å². The quantitative estimate of drug-likeness (QED) is 0.792. The lowest BCUT2D eigenvalue weighted by atomic mass is 10.2. The number of ether oxygens (including phenoxy) is 1. The van der Waals surface area contributed by atoms with Gasteiger partial charge in [-0.25, -0.2) is 0 Å². The molecule has 0 radical (unpaired) electrons. The third-order valence-electron chi connectivity index (χ3n) is 2.22. The summed E-state index contributed by atoms with van der Waals surface area (Å²) >= 11 is 3.37. The van der Waals surface area contributed by atoms with Crippen LogP contribution in [-0.2, 0) is 18.0 Å². The van der Waals surface area contributed by atoms with Crippen LogP contribution in [0.4, 0.5) is 0 Å². The average molecular weight is 295 g/mol. The third-order valence-corrected chi connectivity index (χ3v) is 2.75. The number of rotatable bonds is 5. The number of hydrogen-bond donors (Lipinski definition) is 0. The molecule has 0 aliphatic heterocycles. The molecule has 0 aliphatic rings. The molecule has 17 heavy (non-hydrogen) atoms. The van der Waals surface area contributed by atoms with Crippen molar-refractivity contribution in [1.82, 2.24) is 0 Å². The van der Waals surface area contributed by atoms with Gasteiger partial charge in [-0.05, 0) is 29.8 Å². The van der Waals surface area contributed by atoms with Gasteiger partial charge >= 0.3 is 0 Å². The van der Waals surface area contributed by atoms with Gasteiger partial charge in [0.15, 0.2) is 12.0 Å². The number of furan rings is 1. The first-order chi connectivity index (χ1) is 8.28. The highest BCUT2D eigenvalue weighted by Gasteiger charge is 2.01. The Bertz CT molecular complexity index is 488. The highest BCUT2D eigenvalue weighted by molar-refractivity contribution is 9.10. The maximum absolute atomic E-state index is 10.4. The van der Waals surface area contributed by atoms with Crippen molar-refractivity contribution in [3.05, 3.63) is 58.0 Å². The molecule has 4 heteroatoms. The smallest absolute Gasteiger partial charge is 0.185 e. The maximum Gasteiger partial charge on any atom is 0.185 e. The Kier molecular flexibility index (Phi) is 4.12. The first-order valence-corrected chi connectivity index (χ1v) is 5.93. The van der Waals surface area contributed by atoms with Crippen molar-refractivity contribution >= 4 is 22.2 Å². The summed E-state index contributed by atoms with van der Waals surface area (Å²) in [6, 6.07) is 11.3. The van der Waals surface area contributed by atoms with E-state index in [1.165, 1.54) is 0 Å². The zero-order chi connectivity index (χ0) is 12.1. The van der Waals surface area contributed by atoms with Gasteiger partial charge < -0.3 is 9.15 Å². The Labute approximate surface area is 108 Å². The number of carbonyl (C=O) groups excluding carboxylic acids is 1. The molecule has 2 rings (SSSR count). The van der Waals surface area contributed by atoms with Crippen LogP contribution < -0.4 is 0 Å². The molecule has 0 amide bonds. The fourth-order valence-electron chi connectivity index (χ4n) is 1.39. The van der Waals surface area contributed by atoms with Crippen LogP contribution in [0.25, 0.3) is 0 Å². The summed E-state index contributed by atoms with van der Waals surface area (Å²) in [5, 5.41) is 0. The summed E-state index contributed by atoms with van der Waals surface area (Å²) < 4.78 is 11.7. The molecule has 0 fully saturated rings. The van der Waals surface area contributed by atoms with Gasteiger partial charge in [0.2, 0.25) is 0 Å². The zero-order valence-corrected chi connectivity index (χ0v) is 10.6. The lowest BCUT2D eigenvalue weighted by molar-refractivity contribution is 0.0907. The predicted octanol–water partition coefficient (Wildman–Crippen LogP) is 3.57. The van der Waals surface area contributed by atoms with E-state index in [0.29, 0.717) is 31.0 Å². The molecule has 0 spiro atoms. The Morgan fingerprint density at radius 3 is 2.53 bits per heavy atom. The standard InChI is InChI=1S/C13H11BrO3/c14-11-3-1-10(2-4-11)8-16-9-13-6-5-12(7-15)17-13/h1-7H,8-9H2. The highest BCUT2D eigenvalue weighted by Crippen LogP contribution is 2.12. The van der Waals surface area contributed by atoms with E-state index in [1.807, 2.05) is 24.3 Å². The molecule has 88 valence electrons. The fraction of sp³-hybridized carbons (Fsp3) is 0.154. The third kappa shape index (κ3) is 3.54. The van der Waals surface area contributed by atoms with Crippen molar-refractivity contribution in [1.29, 1.82) is 0 Å². The summed E-state index contributed by atoms with van der Waals surface area (Å²) in [5.41, 5.74) is 1.09. The van der Waals surface area contributed by atoms with E-state index in [1.54, 1.807) is 12.1 Å². The Hall–Kier alpha value is -1.39. The van der Waals surface area contributed by atoms with Crippen LogP contribution in [0.15, 0.2) is 45.3 Å². The Morgan fingerprint density at radius 2 is 1.88 bits per heavy atom. The molecular weight excluding hydrogens is 284 g/mol. The molecule has 0 unspecified atom stereocenters. The van der Waals surface area contributed by atoms with E-state index in [-0.39, 0.29) is 0 Å². The molecule has 0 saturated heterocycles. The van der Waals surface area contributed by atoms with Gasteiger partial charge in [-0.15, -0.1) is 0 Å². The number of carbonyl (C=O) groups is 1. The average Bonchev–Trinajstić information content (AvgIpc) is 2.80. The molecule has 0 saturated carbocycles. The summed E-state index contributed by atoms with van der Waals surface area (Å²) in [7, 11) is 0. The normalized spacial score (nSPS) is 10.4. The van der Waals surface area contributed by atoms with Gasteiger partial charge in [-0.1, -0.05) is 28.1 Å². The van der Waals surface area contributed by atoms with Crippen LogP contribution in [0.1, 0.15) is 21.9 Å². The summed E-state index contributed by atoms with van der Waals surface area (Å²) in [5.74, 6) is 0.983. The van der Waals surface area contributed by atoms with Gasteiger partial charge in [0, 0.05) is 4.47 Å². The molecule has 2 aromatic rings. The van der Waals surface area contributed by atoms with Gasteiger partial charge in [0.25, 0.3) is 0 Å². The van der Waals surface area contributed by atoms with E-state index in [2.05, 4.69) is 15.9 Å². The van der Waals surface area contributed by atoms with E-state index in [0.717, 1.165) is 10.0 Å². The van der Waals surface area contributed by atoms with Gasteiger partial charge in [-0.3, -0.25) is 4.79 Å². The molecular formula is C13H11BrO3. The second kappa shape index (κ2) is 5.80. The van der Waals surface area contributed by atoms with Crippen molar-refractivity contribution in [2.45, 2.75) is 13.2 Å². The van der Waals surface area contributed by atoms with E-state index < -0.39 is 0 Å². The first kappa shape index (κ1) is 12.1. The molecule has 1 aromatic heterocycles. The van der Waals surface area contributed by atoms with Crippen molar-refractivity contribution in [3.63, 3.8) is 0 Å². The molecule has 0 aliphatic carbocycles. The van der Waals surface area contributed by atoms with Crippen molar-refractivity contribution in [3.8, 4) is 0 Å². The maximum atomic E-state index is 10.4. The van der Waals surface area contributed by atoms with Gasteiger partial charge in [-0.2, -0.15) is 0 Å². The second-order valence-electron chi connectivity index (χ2n) is 3.54. The fourth-order valence-corrected chi connectivity index (χ4v) is 1.65. The minimum atomic E-state index is 0.326. The van der Waals surface area contributed by atoms with E-state index >= 15 is 0 Å². The van der Waals surface area contributed by atoms with Crippen molar-refractivity contribution in [2.75, 3.05) is 0 Å². The Balaban J connectivity index is 1.83. The molecule has 1 aromatic carbocycles. The number of halogens is 1. The Morgan fingerprint density at radius 1 is 1.12 bits per heavy atom. The molecule has 3 nitrogen and oxygen atoms in total. The molecule has 0 bridgehead atoms. The summed E-state index contributed by atoms with van der Waals surface area (Å²) in [6.45, 7) is 0.883. The lowest BCUT2D eigenvalue weighted by Crippen LogP contribution is -1.92. The summed E-state index contributed by atoms with van der Waals surface area (Å²) in [4.78, 5) is 10.4. The topological polar surface area (TPSA) is 39.4 Å². The summed E-state index contributed by atoms with van der Waals surface area (Å²) in [6.07, 6.45) is 0.679. The number of aldehydes is 1. The monoisotopic (exact) mass is 294 g/mol. The number of benzene rings is 1. The predicted molar refractivity (Wildman–Crippen MR) is 66.7 cm³/mol. The van der Waals surface area contributed by atoms with Crippen molar-refractivity contribution in [2.24, 2.45) is 0 Å². The van der Waals surface area contributed by atoms with Crippen molar-refractivity contribution < 1.29 is 13.9 Å². The SMILES string of the molecule is O=Cc1ccc(COCc2ccc(Br)cc2)o1. The van der Waals surface area contributed by atoms with E-state index in [9.17, 15) is 4.79 Å². The highest BCUT2D eigenvalue weighted by atomic mass is 79.9. The molecule has 0 atom stereocenters. The van der Waals surface area contributed by atoms with Crippen LogP contribution in [0, 0.1) is 0 Å². The second-order valence-corrected chi connectivity index (χ2v) is 4.46. The molecule has 1 heterocycles. The first-order valence-electron chi connectivity index (χ1n) is 5.14. The largest absolute Gasteiger partial charge is 0.456 e. The zero-order valence-electron chi connectivity index (χ0n) is 9.06. The molecule has 0 N–H and O–H groups in total. The minimum Gasteiger partial charge on any atom is -0.456 e. The van der Waals surface area contributed by atoms with Crippen LogP contribution in [0.3, 0.4) is 0 Å². The van der Waals surface area contributed by atoms with Crippen LogP contribution in [-0.4, -0.2) is 6.29 Å². The number of hydrogen-bond acceptors (Lipinski definition) is 3. The van der Waals surface area contributed by atoms with Gasteiger partial charge in [0.05, 0.1) is 6.61 Å². The minimum absolute atomic E-state index is 0.326. The van der Waals surface area contributed by atoms with E-state index in [4.69, 9.17) is 9.15 Å². The van der Waals surface area contributed by atoms with Crippen LogP contribution in [0.5, 0.6) is 0 Å². The van der Waals surface area contributed by atoms with Crippen LogP contribution >= 0.6 is 15.9 Å².